The summed E-state index contributed by atoms with van der Waals surface area (Å²) in [5.41, 5.74) is 0.427. The van der Waals surface area contributed by atoms with Crippen LogP contribution >= 0.6 is 0 Å². The van der Waals surface area contributed by atoms with E-state index in [9.17, 15) is 19.2 Å². The highest BCUT2D eigenvalue weighted by atomic mass is 16.2. The largest absolute Gasteiger partial charge is 0.325 e. The second kappa shape index (κ2) is 7.89. The fourth-order valence-electron chi connectivity index (χ4n) is 5.26. The molecule has 0 bridgehead atoms. The highest BCUT2D eigenvalue weighted by Crippen LogP contribution is 2.46. The lowest BCUT2D eigenvalue weighted by atomic mass is 9.64. The SMILES string of the molecule is C[C@H]1CC(C)(C)C[C@]2(C1)NC(=O)N(CC(=O)Nc1cccc(-c3ccc(=O)[nH]n3)c1)C2=O. The summed E-state index contributed by atoms with van der Waals surface area (Å²) in [6, 6.07) is 9.37. The van der Waals surface area contributed by atoms with Crippen molar-refractivity contribution in [2.75, 3.05) is 11.9 Å². The van der Waals surface area contributed by atoms with E-state index >= 15 is 0 Å². The lowest BCUT2D eigenvalue weighted by Gasteiger charge is -2.43. The van der Waals surface area contributed by atoms with E-state index in [0.717, 1.165) is 11.3 Å². The Hall–Kier alpha value is -3.49. The van der Waals surface area contributed by atoms with Crippen molar-refractivity contribution in [3.63, 3.8) is 0 Å². The van der Waals surface area contributed by atoms with Crippen LogP contribution in [0.25, 0.3) is 11.3 Å². The van der Waals surface area contributed by atoms with E-state index in [1.54, 1.807) is 30.3 Å². The molecule has 1 aromatic heterocycles. The van der Waals surface area contributed by atoms with Gasteiger partial charge in [-0.3, -0.25) is 19.3 Å². The molecule has 2 heterocycles. The molecule has 9 heteroatoms. The first-order valence-electron chi connectivity index (χ1n) is 10.7. The number of nitrogens with zero attached hydrogens (tertiary/aromatic N) is 2. The molecule has 3 N–H and O–H groups in total. The Kier molecular flexibility index (Phi) is 5.36. The summed E-state index contributed by atoms with van der Waals surface area (Å²) < 4.78 is 0. The van der Waals surface area contributed by atoms with Gasteiger partial charge < -0.3 is 10.6 Å². The summed E-state index contributed by atoms with van der Waals surface area (Å²) in [5.74, 6) is -0.509. The van der Waals surface area contributed by atoms with Gasteiger partial charge in [-0.05, 0) is 48.8 Å². The Morgan fingerprint density at radius 1 is 1.19 bits per heavy atom. The molecule has 32 heavy (non-hydrogen) atoms. The molecule has 1 saturated carbocycles. The van der Waals surface area contributed by atoms with Crippen LogP contribution in [0.3, 0.4) is 0 Å². The molecular weight excluding hydrogens is 410 g/mol. The first-order chi connectivity index (χ1) is 15.1. The monoisotopic (exact) mass is 437 g/mol. The van der Waals surface area contributed by atoms with Gasteiger partial charge in [0.1, 0.15) is 12.1 Å². The lowest BCUT2D eigenvalue weighted by Crippen LogP contribution is -2.54. The molecule has 9 nitrogen and oxygen atoms in total. The number of anilines is 1. The third-order valence-electron chi connectivity index (χ3n) is 6.05. The minimum absolute atomic E-state index is 0.0743. The van der Waals surface area contributed by atoms with Crippen molar-refractivity contribution in [3.05, 3.63) is 46.8 Å². The van der Waals surface area contributed by atoms with E-state index in [4.69, 9.17) is 0 Å². The molecule has 0 radical (unpaired) electrons. The predicted molar refractivity (Wildman–Crippen MR) is 119 cm³/mol. The predicted octanol–water partition coefficient (Wildman–Crippen LogP) is 2.51. The van der Waals surface area contributed by atoms with Crippen molar-refractivity contribution < 1.29 is 14.4 Å². The van der Waals surface area contributed by atoms with Gasteiger partial charge in [0.2, 0.25) is 5.91 Å². The summed E-state index contributed by atoms with van der Waals surface area (Å²) in [4.78, 5) is 50.7. The quantitative estimate of drug-likeness (QED) is 0.634. The number of aromatic amines is 1. The van der Waals surface area contributed by atoms with Gasteiger partial charge in [0, 0.05) is 17.3 Å². The number of amides is 4. The second-order valence-corrected chi connectivity index (χ2v) is 9.69. The van der Waals surface area contributed by atoms with Crippen LogP contribution in [0.4, 0.5) is 10.5 Å². The fourth-order valence-corrected chi connectivity index (χ4v) is 5.26. The molecule has 2 aromatic rings. The molecule has 168 valence electrons. The topological polar surface area (TPSA) is 124 Å². The van der Waals surface area contributed by atoms with Crippen molar-refractivity contribution in [1.29, 1.82) is 0 Å². The molecule has 2 fully saturated rings. The second-order valence-electron chi connectivity index (χ2n) is 9.69. The number of benzene rings is 1. The number of H-pyrrole nitrogens is 1. The lowest BCUT2D eigenvalue weighted by molar-refractivity contribution is -0.136. The number of carbonyl (C=O) groups is 3. The minimum Gasteiger partial charge on any atom is -0.325 e. The van der Waals surface area contributed by atoms with E-state index in [1.807, 2.05) is 0 Å². The molecule has 4 rings (SSSR count). The van der Waals surface area contributed by atoms with Crippen molar-refractivity contribution in [2.45, 2.75) is 45.6 Å². The number of carbonyl (C=O) groups excluding carboxylic acids is 3. The van der Waals surface area contributed by atoms with Crippen molar-refractivity contribution in [1.82, 2.24) is 20.4 Å². The average molecular weight is 438 g/mol. The number of rotatable bonds is 4. The number of aromatic nitrogens is 2. The van der Waals surface area contributed by atoms with Crippen LogP contribution in [0.5, 0.6) is 0 Å². The van der Waals surface area contributed by atoms with E-state index in [0.29, 0.717) is 35.7 Å². The number of imide groups is 1. The Morgan fingerprint density at radius 2 is 1.97 bits per heavy atom. The maximum Gasteiger partial charge on any atom is 0.325 e. The molecule has 2 aliphatic rings. The van der Waals surface area contributed by atoms with Gasteiger partial charge in [0.05, 0.1) is 5.69 Å². The Labute approximate surface area is 185 Å². The smallest absolute Gasteiger partial charge is 0.325 e. The van der Waals surface area contributed by atoms with Crippen molar-refractivity contribution in [3.8, 4) is 11.3 Å². The van der Waals surface area contributed by atoms with Crippen LogP contribution < -0.4 is 16.2 Å². The van der Waals surface area contributed by atoms with E-state index in [1.165, 1.54) is 6.07 Å². The first kappa shape index (κ1) is 21.7. The maximum atomic E-state index is 13.2. The third kappa shape index (κ3) is 4.28. The van der Waals surface area contributed by atoms with Gasteiger partial charge in [-0.1, -0.05) is 32.9 Å². The molecule has 1 aliphatic carbocycles. The molecule has 2 atom stereocenters. The van der Waals surface area contributed by atoms with Gasteiger partial charge >= 0.3 is 6.03 Å². The van der Waals surface area contributed by atoms with Crippen LogP contribution in [-0.4, -0.2) is 45.0 Å². The summed E-state index contributed by atoms with van der Waals surface area (Å²) in [6.45, 7) is 5.93. The van der Waals surface area contributed by atoms with E-state index in [2.05, 4.69) is 41.6 Å². The van der Waals surface area contributed by atoms with Crippen molar-refractivity contribution >= 4 is 23.5 Å². The molecule has 1 spiro atoms. The Bertz CT molecular complexity index is 1120. The van der Waals surface area contributed by atoms with E-state index in [-0.39, 0.29) is 23.4 Å². The number of nitrogens with one attached hydrogen (secondary N) is 3. The van der Waals surface area contributed by atoms with E-state index < -0.39 is 17.5 Å². The van der Waals surface area contributed by atoms with Gasteiger partial charge in [0.25, 0.3) is 11.5 Å². The summed E-state index contributed by atoms with van der Waals surface area (Å²) in [5, 5.41) is 12.0. The van der Waals surface area contributed by atoms with Gasteiger partial charge in [-0.25, -0.2) is 9.89 Å². The third-order valence-corrected chi connectivity index (χ3v) is 6.05. The van der Waals surface area contributed by atoms with Crippen LogP contribution in [0.15, 0.2) is 41.2 Å². The van der Waals surface area contributed by atoms with Gasteiger partial charge in [-0.15, -0.1) is 0 Å². The standard InChI is InChI=1S/C23H27N5O4/c1-14-10-22(2,3)13-23(11-14)20(31)28(21(32)25-23)12-19(30)24-16-6-4-5-15(9-16)17-7-8-18(29)27-26-17/h4-9,14H,10-13H2,1-3H3,(H,24,30)(H,25,32)(H,27,29)/t14-,23-/m0/s1. The average Bonchev–Trinajstić information content (AvgIpc) is 2.90. The highest BCUT2D eigenvalue weighted by molar-refractivity contribution is 6.10. The number of urea groups is 1. The Balaban J connectivity index is 1.46. The maximum absolute atomic E-state index is 13.2. The molecule has 0 unspecified atom stereocenters. The van der Waals surface area contributed by atoms with Crippen molar-refractivity contribution in [2.24, 2.45) is 11.3 Å². The highest BCUT2D eigenvalue weighted by Gasteiger charge is 2.56. The zero-order valence-electron chi connectivity index (χ0n) is 18.4. The van der Waals surface area contributed by atoms with Crippen LogP contribution in [0.1, 0.15) is 40.0 Å². The summed E-state index contributed by atoms with van der Waals surface area (Å²) in [7, 11) is 0. The minimum atomic E-state index is -0.936. The first-order valence-corrected chi connectivity index (χ1v) is 10.7. The zero-order chi connectivity index (χ0) is 23.1. The molecular formula is C23H27N5O4. The summed E-state index contributed by atoms with van der Waals surface area (Å²) >= 11 is 0. The summed E-state index contributed by atoms with van der Waals surface area (Å²) in [6.07, 6.45) is 2.12. The normalized spacial score (nSPS) is 24.5. The van der Waals surface area contributed by atoms with Crippen LogP contribution in [0, 0.1) is 11.3 Å². The number of hydrogen-bond acceptors (Lipinski definition) is 5. The number of hydrogen-bond donors (Lipinski definition) is 3. The molecule has 1 aromatic carbocycles. The Morgan fingerprint density at radius 3 is 2.66 bits per heavy atom. The van der Waals surface area contributed by atoms with Gasteiger partial charge in [-0.2, -0.15) is 5.10 Å². The molecule has 1 saturated heterocycles. The van der Waals surface area contributed by atoms with Crippen LogP contribution in [-0.2, 0) is 9.59 Å². The van der Waals surface area contributed by atoms with Crippen LogP contribution in [0.2, 0.25) is 0 Å². The fraction of sp³-hybridized carbons (Fsp3) is 0.435. The van der Waals surface area contributed by atoms with Gasteiger partial charge in [0.15, 0.2) is 0 Å². The molecule has 1 aliphatic heterocycles. The zero-order valence-corrected chi connectivity index (χ0v) is 18.4. The molecule has 4 amide bonds.